The van der Waals surface area contributed by atoms with E-state index in [2.05, 4.69) is 93.7 Å². The van der Waals surface area contributed by atoms with E-state index in [4.69, 9.17) is 14.2 Å². The summed E-state index contributed by atoms with van der Waals surface area (Å²) >= 11 is 0. The van der Waals surface area contributed by atoms with Crippen LogP contribution < -0.4 is 0 Å². The average Bonchev–Trinajstić information content (AvgIpc) is 3.39. The van der Waals surface area contributed by atoms with Gasteiger partial charge in [0.2, 0.25) is 0 Å². The first-order valence-electron chi connectivity index (χ1n) is 31.1. The fourth-order valence-corrected chi connectivity index (χ4v) is 8.79. The van der Waals surface area contributed by atoms with Gasteiger partial charge in [0.05, 0.1) is 6.42 Å². The molecule has 0 saturated heterocycles. The summed E-state index contributed by atoms with van der Waals surface area (Å²) in [6, 6.07) is 0. The Hall–Kier alpha value is -3.41. The third-order valence-corrected chi connectivity index (χ3v) is 13.4. The lowest BCUT2D eigenvalue weighted by molar-refractivity contribution is -0.166. The summed E-state index contributed by atoms with van der Waals surface area (Å²) in [5, 5.41) is 0. The first-order valence-corrected chi connectivity index (χ1v) is 31.1. The van der Waals surface area contributed by atoms with Crippen LogP contribution in [0.25, 0.3) is 0 Å². The Labute approximate surface area is 452 Å². The number of carbonyl (C=O) groups is 3. The molecule has 6 nitrogen and oxygen atoms in total. The van der Waals surface area contributed by atoms with Crippen LogP contribution in [0, 0.1) is 0 Å². The van der Waals surface area contributed by atoms with E-state index in [1.807, 2.05) is 6.08 Å². The van der Waals surface area contributed by atoms with Crippen molar-refractivity contribution in [3.05, 3.63) is 85.1 Å². The molecule has 0 aliphatic heterocycles. The van der Waals surface area contributed by atoms with Crippen LogP contribution in [0.3, 0.4) is 0 Å². The van der Waals surface area contributed by atoms with E-state index in [1.54, 1.807) is 6.08 Å². The monoisotopic (exact) mass is 1020 g/mol. The Kier molecular flexibility index (Phi) is 58.3. The summed E-state index contributed by atoms with van der Waals surface area (Å²) in [6.45, 7) is 6.45. The molecule has 1 unspecified atom stereocenters. The smallest absolute Gasteiger partial charge is 0.310 e. The van der Waals surface area contributed by atoms with Crippen LogP contribution in [0.4, 0.5) is 0 Å². The maximum absolute atomic E-state index is 12.8. The molecule has 73 heavy (non-hydrogen) atoms. The molecule has 1 atom stereocenters. The van der Waals surface area contributed by atoms with Gasteiger partial charge in [-0.3, -0.25) is 14.4 Å². The number of ether oxygens (including phenoxy) is 3. The highest BCUT2D eigenvalue weighted by molar-refractivity contribution is 5.72. The molecule has 0 bridgehead atoms. The molecule has 0 aromatic rings. The average molecular weight is 1020 g/mol. The van der Waals surface area contributed by atoms with E-state index in [0.29, 0.717) is 12.8 Å². The summed E-state index contributed by atoms with van der Waals surface area (Å²) in [7, 11) is 0. The molecule has 0 saturated carbocycles. The highest BCUT2D eigenvalue weighted by atomic mass is 16.6. The van der Waals surface area contributed by atoms with Crippen LogP contribution in [0.2, 0.25) is 0 Å². The lowest BCUT2D eigenvalue weighted by Crippen LogP contribution is -2.30. The third-order valence-electron chi connectivity index (χ3n) is 13.4. The molecule has 0 heterocycles. The molecule has 0 aromatic heterocycles. The zero-order valence-electron chi connectivity index (χ0n) is 48.1. The Morgan fingerprint density at radius 2 is 0.575 bits per heavy atom. The van der Waals surface area contributed by atoms with Crippen molar-refractivity contribution in [2.24, 2.45) is 0 Å². The molecule has 0 aliphatic carbocycles. The highest BCUT2D eigenvalue weighted by Gasteiger charge is 2.19. The third kappa shape index (κ3) is 59.3. The van der Waals surface area contributed by atoms with Crippen molar-refractivity contribution in [1.82, 2.24) is 0 Å². The van der Waals surface area contributed by atoms with Crippen molar-refractivity contribution in [2.45, 2.75) is 309 Å². The van der Waals surface area contributed by atoms with Gasteiger partial charge in [-0.25, -0.2) is 0 Å². The van der Waals surface area contributed by atoms with Gasteiger partial charge in [0.25, 0.3) is 0 Å². The van der Waals surface area contributed by atoms with E-state index in [-0.39, 0.29) is 31.6 Å². The summed E-state index contributed by atoms with van der Waals surface area (Å²) < 4.78 is 16.8. The minimum atomic E-state index is -0.828. The number of esters is 3. The molecule has 0 rings (SSSR count). The number of hydrogen-bond acceptors (Lipinski definition) is 6. The fourth-order valence-electron chi connectivity index (χ4n) is 8.79. The van der Waals surface area contributed by atoms with Gasteiger partial charge in [-0.15, -0.1) is 0 Å². The Morgan fingerprint density at radius 1 is 0.301 bits per heavy atom. The first kappa shape index (κ1) is 69.6. The standard InChI is InChI=1S/C67H116O6/c1-4-7-10-13-16-19-22-24-26-27-28-29-30-31-32-33-34-35-36-37-38-39-41-42-45-48-51-54-57-60-66(69)72-63-64(62-71-65(68)59-56-53-50-47-44-21-18-15-12-9-6-3)73-67(70)61-58-55-52-49-46-43-40-25-23-20-17-14-11-8-5-2/h8,11,17,20,22,24-25,27-28,40,46,49,55,58,64H,4-7,9-10,12-16,18-19,21,23,26,29-39,41-45,47-48,50-54,56-57,59-63H2,1-3H3/b11-8-,20-17-,24-22-,28-27-,40-25-,49-46-,58-55-. The van der Waals surface area contributed by atoms with E-state index < -0.39 is 12.1 Å². The highest BCUT2D eigenvalue weighted by Crippen LogP contribution is 2.16. The Balaban J connectivity index is 4.22. The predicted octanol–water partition coefficient (Wildman–Crippen LogP) is 21.1. The van der Waals surface area contributed by atoms with E-state index in [9.17, 15) is 14.4 Å². The summed E-state index contributed by atoms with van der Waals surface area (Å²) in [6.07, 6.45) is 80.6. The second-order valence-electron chi connectivity index (χ2n) is 20.6. The zero-order chi connectivity index (χ0) is 52.9. The number of unbranched alkanes of at least 4 members (excludes halogenated alkanes) is 32. The molecule has 0 spiro atoms. The van der Waals surface area contributed by atoms with Crippen molar-refractivity contribution >= 4 is 17.9 Å². The summed E-state index contributed by atoms with van der Waals surface area (Å²) in [5.41, 5.74) is 0. The molecular weight excluding hydrogens is 901 g/mol. The van der Waals surface area contributed by atoms with Crippen LogP contribution in [0.1, 0.15) is 303 Å². The number of carbonyl (C=O) groups excluding carboxylic acids is 3. The molecular formula is C67H116O6. The number of rotatable bonds is 56. The molecule has 6 heteroatoms. The van der Waals surface area contributed by atoms with Crippen LogP contribution in [0.5, 0.6) is 0 Å². The van der Waals surface area contributed by atoms with Gasteiger partial charge in [0, 0.05) is 12.8 Å². The maximum Gasteiger partial charge on any atom is 0.310 e. The van der Waals surface area contributed by atoms with Gasteiger partial charge in [-0.2, -0.15) is 0 Å². The first-order chi connectivity index (χ1) is 36.0. The van der Waals surface area contributed by atoms with Gasteiger partial charge in [-0.1, -0.05) is 292 Å². The molecule has 0 radical (unpaired) electrons. The molecule has 0 fully saturated rings. The molecule has 0 aliphatic rings. The van der Waals surface area contributed by atoms with E-state index in [1.165, 1.54) is 186 Å². The summed E-state index contributed by atoms with van der Waals surface area (Å²) in [5.74, 6) is -1.03. The minimum absolute atomic E-state index is 0.0991. The fraction of sp³-hybridized carbons (Fsp3) is 0.746. The van der Waals surface area contributed by atoms with Crippen molar-refractivity contribution < 1.29 is 28.6 Å². The maximum atomic E-state index is 12.8. The largest absolute Gasteiger partial charge is 0.462 e. The van der Waals surface area contributed by atoms with Crippen LogP contribution in [-0.4, -0.2) is 37.2 Å². The number of hydrogen-bond donors (Lipinski definition) is 0. The lowest BCUT2D eigenvalue weighted by atomic mass is 10.0. The van der Waals surface area contributed by atoms with Gasteiger partial charge in [-0.05, 0) is 77.0 Å². The van der Waals surface area contributed by atoms with Crippen molar-refractivity contribution in [3.63, 3.8) is 0 Å². The second kappa shape index (κ2) is 61.1. The zero-order valence-corrected chi connectivity index (χ0v) is 48.1. The van der Waals surface area contributed by atoms with Crippen LogP contribution in [-0.2, 0) is 28.6 Å². The SMILES string of the molecule is CC/C=C\C/C=C\C/C=C\C/C=C\C/C=C\CC(=O)OC(COC(=O)CCCCCCCCCCCCC)COC(=O)CCCCCCCCCCCCCCCCCCC/C=C\C/C=C\CCCCCCC. The molecule has 420 valence electrons. The topological polar surface area (TPSA) is 78.9 Å². The normalized spacial score (nSPS) is 12.6. The van der Waals surface area contributed by atoms with Gasteiger partial charge < -0.3 is 14.2 Å². The molecule has 0 amide bonds. The second-order valence-corrected chi connectivity index (χ2v) is 20.6. The van der Waals surface area contributed by atoms with Gasteiger partial charge in [0.15, 0.2) is 6.10 Å². The molecule has 0 N–H and O–H groups in total. The van der Waals surface area contributed by atoms with Gasteiger partial charge in [0.1, 0.15) is 13.2 Å². The Morgan fingerprint density at radius 3 is 0.904 bits per heavy atom. The van der Waals surface area contributed by atoms with Gasteiger partial charge >= 0.3 is 17.9 Å². The van der Waals surface area contributed by atoms with Crippen molar-refractivity contribution in [3.8, 4) is 0 Å². The number of allylic oxidation sites excluding steroid dienone is 13. The minimum Gasteiger partial charge on any atom is -0.462 e. The Bertz CT molecular complexity index is 1400. The van der Waals surface area contributed by atoms with Crippen LogP contribution >= 0.6 is 0 Å². The van der Waals surface area contributed by atoms with Crippen molar-refractivity contribution in [1.29, 1.82) is 0 Å². The van der Waals surface area contributed by atoms with Crippen LogP contribution in [0.15, 0.2) is 85.1 Å². The van der Waals surface area contributed by atoms with E-state index >= 15 is 0 Å². The summed E-state index contributed by atoms with van der Waals surface area (Å²) in [4.78, 5) is 38.1. The quantitative estimate of drug-likeness (QED) is 0.0261. The van der Waals surface area contributed by atoms with Crippen molar-refractivity contribution in [2.75, 3.05) is 13.2 Å². The lowest BCUT2D eigenvalue weighted by Gasteiger charge is -2.18. The molecule has 0 aromatic carbocycles. The predicted molar refractivity (Wildman–Crippen MR) is 316 cm³/mol. The van der Waals surface area contributed by atoms with E-state index in [0.717, 1.165) is 77.0 Å².